The molecule has 0 spiro atoms. The number of carbonyl (C=O) groups excluding carboxylic acids is 2. The van der Waals surface area contributed by atoms with Crippen LogP contribution in [0.1, 0.15) is 6.42 Å². The lowest BCUT2D eigenvalue weighted by Gasteiger charge is -2.14. The maximum absolute atomic E-state index is 11.7. The lowest BCUT2D eigenvalue weighted by Crippen LogP contribution is -2.44. The Kier molecular flexibility index (Phi) is 6.46. The lowest BCUT2D eigenvalue weighted by atomic mass is 10.2. The van der Waals surface area contributed by atoms with Crippen molar-refractivity contribution in [3.05, 3.63) is 43.0 Å². The largest absolute Gasteiger partial charge is 0.480 e. The normalized spacial score (nSPS) is 11.0. The number of para-hydroxylation sites is 1. The number of anilines is 1. The van der Waals surface area contributed by atoms with Crippen molar-refractivity contribution in [2.24, 2.45) is 0 Å². The summed E-state index contributed by atoms with van der Waals surface area (Å²) < 4.78 is 4.68. The third kappa shape index (κ3) is 6.24. The first-order valence-corrected chi connectivity index (χ1v) is 6.15. The first-order chi connectivity index (χ1) is 10.0. The van der Waals surface area contributed by atoms with Gasteiger partial charge >= 0.3 is 18.0 Å². The predicted molar refractivity (Wildman–Crippen MR) is 75.8 cm³/mol. The standard InChI is InChI=1S/C14H16N2O5/c1-2-8-21-12(17)9-11(13(18)19)16-14(20)15-10-6-4-3-5-7-10/h2-7,11H,1,8-9H2,(H,18,19)(H2,15,16,20)/t11-/m0/s1. The zero-order chi connectivity index (χ0) is 15.7. The molecule has 112 valence electrons. The second-order valence-electron chi connectivity index (χ2n) is 4.03. The van der Waals surface area contributed by atoms with Gasteiger partial charge in [0.2, 0.25) is 0 Å². The van der Waals surface area contributed by atoms with Gasteiger partial charge in [-0.25, -0.2) is 9.59 Å². The van der Waals surface area contributed by atoms with Crippen LogP contribution in [0.4, 0.5) is 10.5 Å². The molecule has 0 bridgehead atoms. The van der Waals surface area contributed by atoms with Gasteiger partial charge in [-0.15, -0.1) is 0 Å². The fraction of sp³-hybridized carbons (Fsp3) is 0.214. The third-order valence-corrected chi connectivity index (χ3v) is 2.37. The molecule has 2 amide bonds. The van der Waals surface area contributed by atoms with E-state index in [0.717, 1.165) is 0 Å². The smallest absolute Gasteiger partial charge is 0.326 e. The molecule has 3 N–H and O–H groups in total. The molecule has 0 aliphatic heterocycles. The highest BCUT2D eigenvalue weighted by molar-refractivity contribution is 5.93. The fourth-order valence-corrected chi connectivity index (χ4v) is 1.42. The van der Waals surface area contributed by atoms with Gasteiger partial charge in [-0.3, -0.25) is 4.79 Å². The first kappa shape index (κ1) is 16.2. The van der Waals surface area contributed by atoms with Crippen LogP contribution in [0.2, 0.25) is 0 Å². The van der Waals surface area contributed by atoms with E-state index >= 15 is 0 Å². The molecule has 7 heteroatoms. The van der Waals surface area contributed by atoms with Gasteiger partial charge in [0.1, 0.15) is 12.6 Å². The van der Waals surface area contributed by atoms with Crippen molar-refractivity contribution >= 4 is 23.7 Å². The van der Waals surface area contributed by atoms with E-state index in [1.807, 2.05) is 0 Å². The van der Waals surface area contributed by atoms with E-state index in [1.165, 1.54) is 6.08 Å². The number of carboxylic acid groups (broad SMARTS) is 1. The summed E-state index contributed by atoms with van der Waals surface area (Å²) in [4.78, 5) is 34.0. The molecule has 1 aromatic carbocycles. The van der Waals surface area contributed by atoms with Crippen molar-refractivity contribution in [1.29, 1.82) is 0 Å². The second-order valence-corrected chi connectivity index (χ2v) is 4.03. The molecule has 1 atom stereocenters. The Morgan fingerprint density at radius 3 is 2.52 bits per heavy atom. The zero-order valence-corrected chi connectivity index (χ0v) is 11.2. The van der Waals surface area contributed by atoms with Gasteiger partial charge in [-0.1, -0.05) is 30.9 Å². The monoisotopic (exact) mass is 292 g/mol. The Hall–Kier alpha value is -2.83. The molecule has 0 heterocycles. The number of urea groups is 1. The first-order valence-electron chi connectivity index (χ1n) is 6.15. The molecule has 0 aromatic heterocycles. The number of carbonyl (C=O) groups is 3. The van der Waals surface area contributed by atoms with Crippen LogP contribution in [0.25, 0.3) is 0 Å². The predicted octanol–water partition coefficient (Wildman–Crippen LogP) is 1.38. The SMILES string of the molecule is C=CCOC(=O)C[C@H](NC(=O)Nc1ccccc1)C(=O)O. The molecule has 0 saturated carbocycles. The molecule has 0 radical (unpaired) electrons. The number of benzene rings is 1. The van der Waals surface area contributed by atoms with E-state index in [4.69, 9.17) is 5.11 Å². The number of hydrogen-bond acceptors (Lipinski definition) is 4. The number of amides is 2. The molecule has 0 aliphatic rings. The van der Waals surface area contributed by atoms with Gasteiger partial charge in [0.15, 0.2) is 0 Å². The number of esters is 1. The minimum atomic E-state index is -1.37. The number of aliphatic carboxylic acids is 1. The number of nitrogens with one attached hydrogen (secondary N) is 2. The van der Waals surface area contributed by atoms with Gasteiger partial charge in [-0.2, -0.15) is 0 Å². The Bertz CT molecular complexity index is 515. The highest BCUT2D eigenvalue weighted by atomic mass is 16.5. The highest BCUT2D eigenvalue weighted by Crippen LogP contribution is 2.05. The van der Waals surface area contributed by atoms with Crippen molar-refractivity contribution < 1.29 is 24.2 Å². The topological polar surface area (TPSA) is 105 Å². The Labute approximate surface area is 121 Å². The molecule has 1 aromatic rings. The molecule has 0 unspecified atom stereocenters. The van der Waals surface area contributed by atoms with E-state index in [1.54, 1.807) is 30.3 Å². The van der Waals surface area contributed by atoms with Crippen LogP contribution in [0.3, 0.4) is 0 Å². The van der Waals surface area contributed by atoms with E-state index in [9.17, 15) is 14.4 Å². The summed E-state index contributed by atoms with van der Waals surface area (Å²) in [7, 11) is 0. The summed E-state index contributed by atoms with van der Waals surface area (Å²) in [5.41, 5.74) is 0.508. The van der Waals surface area contributed by atoms with E-state index in [-0.39, 0.29) is 6.61 Å². The quantitative estimate of drug-likeness (QED) is 0.520. The lowest BCUT2D eigenvalue weighted by molar-refractivity contribution is -0.148. The molecule has 0 saturated heterocycles. The van der Waals surface area contributed by atoms with Crippen LogP contribution in [0.5, 0.6) is 0 Å². The number of rotatable bonds is 7. The van der Waals surface area contributed by atoms with Gasteiger partial charge in [-0.05, 0) is 12.1 Å². The Morgan fingerprint density at radius 1 is 1.29 bits per heavy atom. The van der Waals surface area contributed by atoms with Crippen molar-refractivity contribution in [2.45, 2.75) is 12.5 Å². The summed E-state index contributed by atoms with van der Waals surface area (Å²) in [5.74, 6) is -2.06. The van der Waals surface area contributed by atoms with Crippen molar-refractivity contribution in [2.75, 3.05) is 11.9 Å². The minimum absolute atomic E-state index is 0.0125. The number of hydrogen-bond donors (Lipinski definition) is 3. The average molecular weight is 292 g/mol. The van der Waals surface area contributed by atoms with Crippen molar-refractivity contribution in [3.63, 3.8) is 0 Å². The number of ether oxygens (including phenoxy) is 1. The molecule has 1 rings (SSSR count). The summed E-state index contributed by atoms with van der Waals surface area (Å²) in [6.07, 6.45) is 0.897. The third-order valence-electron chi connectivity index (χ3n) is 2.37. The zero-order valence-electron chi connectivity index (χ0n) is 11.2. The van der Waals surface area contributed by atoms with Gasteiger partial charge in [0, 0.05) is 5.69 Å². The number of carboxylic acids is 1. The summed E-state index contributed by atoms with van der Waals surface area (Å²) in [6.45, 7) is 3.36. The van der Waals surface area contributed by atoms with E-state index < -0.39 is 30.4 Å². The summed E-state index contributed by atoms with van der Waals surface area (Å²) >= 11 is 0. The molecule has 0 aliphatic carbocycles. The summed E-state index contributed by atoms with van der Waals surface area (Å²) in [5, 5.41) is 13.7. The van der Waals surface area contributed by atoms with Crippen LogP contribution >= 0.6 is 0 Å². The molecule has 21 heavy (non-hydrogen) atoms. The molecular weight excluding hydrogens is 276 g/mol. The average Bonchev–Trinajstić information content (AvgIpc) is 2.45. The van der Waals surface area contributed by atoms with Gasteiger partial charge < -0.3 is 20.5 Å². The van der Waals surface area contributed by atoms with E-state index in [0.29, 0.717) is 5.69 Å². The maximum Gasteiger partial charge on any atom is 0.326 e. The highest BCUT2D eigenvalue weighted by Gasteiger charge is 2.24. The summed E-state index contributed by atoms with van der Waals surface area (Å²) in [6, 6.07) is 6.42. The van der Waals surface area contributed by atoms with Crippen molar-refractivity contribution in [1.82, 2.24) is 5.32 Å². The van der Waals surface area contributed by atoms with Crippen LogP contribution in [0.15, 0.2) is 43.0 Å². The van der Waals surface area contributed by atoms with Crippen LogP contribution in [-0.4, -0.2) is 35.7 Å². The molecular formula is C14H16N2O5. The van der Waals surface area contributed by atoms with Crippen LogP contribution < -0.4 is 10.6 Å². The fourth-order valence-electron chi connectivity index (χ4n) is 1.42. The maximum atomic E-state index is 11.7. The minimum Gasteiger partial charge on any atom is -0.480 e. The Balaban J connectivity index is 2.53. The van der Waals surface area contributed by atoms with Crippen LogP contribution in [-0.2, 0) is 14.3 Å². The molecule has 7 nitrogen and oxygen atoms in total. The second kappa shape index (κ2) is 8.36. The van der Waals surface area contributed by atoms with Gasteiger partial charge in [0.25, 0.3) is 0 Å². The van der Waals surface area contributed by atoms with Crippen LogP contribution in [0, 0.1) is 0 Å². The molecule has 0 fully saturated rings. The Morgan fingerprint density at radius 2 is 1.95 bits per heavy atom. The van der Waals surface area contributed by atoms with Gasteiger partial charge in [0.05, 0.1) is 6.42 Å². The van der Waals surface area contributed by atoms with Crippen molar-refractivity contribution in [3.8, 4) is 0 Å². The van der Waals surface area contributed by atoms with E-state index in [2.05, 4.69) is 21.9 Å².